The summed E-state index contributed by atoms with van der Waals surface area (Å²) in [4.78, 5) is 10.6. The van der Waals surface area contributed by atoms with Gasteiger partial charge in [-0.15, -0.1) is 0 Å². The van der Waals surface area contributed by atoms with Crippen LogP contribution < -0.4 is 5.32 Å². The largest absolute Gasteiger partial charge is 0.396 e. The van der Waals surface area contributed by atoms with Crippen molar-refractivity contribution >= 4 is 34.0 Å². The first-order valence-electron chi connectivity index (χ1n) is 6.26. The van der Waals surface area contributed by atoms with Gasteiger partial charge >= 0.3 is 0 Å². The lowest BCUT2D eigenvalue weighted by molar-refractivity contribution is -0.384. The van der Waals surface area contributed by atoms with E-state index in [1.54, 1.807) is 12.1 Å². The molecule has 1 aromatic carbocycles. The highest BCUT2D eigenvalue weighted by Crippen LogP contribution is 2.30. The molecule has 0 aromatic heterocycles. The number of rotatable bonds is 7. The van der Waals surface area contributed by atoms with E-state index in [2.05, 4.69) is 5.32 Å². The van der Waals surface area contributed by atoms with Crippen LogP contribution in [0.2, 0.25) is 0 Å². The predicted molar refractivity (Wildman–Crippen MR) is 84.4 cm³/mol. The van der Waals surface area contributed by atoms with Crippen LogP contribution in [-0.4, -0.2) is 23.2 Å². The second kappa shape index (κ2) is 7.04. The molecule has 0 saturated heterocycles. The monoisotopic (exact) mass is 378 g/mol. The summed E-state index contributed by atoms with van der Waals surface area (Å²) in [6, 6.07) is 5.09. The molecule has 0 aliphatic carbocycles. The van der Waals surface area contributed by atoms with E-state index < -0.39 is 0 Å². The number of aliphatic hydroxyl groups is 1. The van der Waals surface area contributed by atoms with Gasteiger partial charge in [0.05, 0.1) is 11.5 Å². The van der Waals surface area contributed by atoms with Gasteiger partial charge in [-0.2, -0.15) is 0 Å². The predicted octanol–water partition coefficient (Wildman–Crippen LogP) is 3.41. The van der Waals surface area contributed by atoms with E-state index in [9.17, 15) is 15.2 Å². The van der Waals surface area contributed by atoms with E-state index in [1.807, 2.05) is 42.5 Å². The number of nitrogens with zero attached hydrogens (tertiary/aromatic N) is 1. The Morgan fingerprint density at radius 1 is 1.42 bits per heavy atom. The molecule has 0 saturated carbocycles. The molecule has 5 nitrogen and oxygen atoms in total. The third-order valence-electron chi connectivity index (χ3n) is 3.65. The first kappa shape index (κ1) is 16.2. The van der Waals surface area contributed by atoms with Gasteiger partial charge in [-0.1, -0.05) is 13.8 Å². The second-order valence-electron chi connectivity index (χ2n) is 4.64. The summed E-state index contributed by atoms with van der Waals surface area (Å²) in [7, 11) is 0. The molecule has 6 heteroatoms. The number of nitro benzene ring substituents is 1. The average molecular weight is 378 g/mol. The Labute approximate surface area is 126 Å². The van der Waals surface area contributed by atoms with Gasteiger partial charge < -0.3 is 10.4 Å². The van der Waals surface area contributed by atoms with Crippen molar-refractivity contribution in [2.75, 3.05) is 18.5 Å². The number of benzene rings is 1. The Kier molecular flexibility index (Phi) is 5.99. The molecule has 0 fully saturated rings. The van der Waals surface area contributed by atoms with Gasteiger partial charge in [-0.3, -0.25) is 10.1 Å². The van der Waals surface area contributed by atoms with Crippen LogP contribution in [0.4, 0.5) is 11.4 Å². The van der Waals surface area contributed by atoms with Crippen molar-refractivity contribution in [1.82, 2.24) is 0 Å². The van der Waals surface area contributed by atoms with Crippen LogP contribution >= 0.6 is 22.6 Å². The third-order valence-corrected chi connectivity index (χ3v) is 4.32. The molecule has 106 valence electrons. The van der Waals surface area contributed by atoms with Crippen LogP contribution in [0.3, 0.4) is 0 Å². The van der Waals surface area contributed by atoms with E-state index in [1.165, 1.54) is 0 Å². The highest BCUT2D eigenvalue weighted by Gasteiger charge is 2.26. The first-order chi connectivity index (χ1) is 8.98. The lowest BCUT2D eigenvalue weighted by atomic mass is 9.83. The van der Waals surface area contributed by atoms with Gasteiger partial charge in [0.2, 0.25) is 0 Å². The Morgan fingerprint density at radius 3 is 2.53 bits per heavy atom. The van der Waals surface area contributed by atoms with Crippen LogP contribution in [0.5, 0.6) is 0 Å². The summed E-state index contributed by atoms with van der Waals surface area (Å²) in [6.07, 6.45) is 1.65. The molecule has 0 aliphatic heterocycles. The number of aliphatic hydroxyl groups excluding tert-OH is 1. The fraction of sp³-hybridized carbons (Fsp3) is 0.538. The molecule has 0 bridgehead atoms. The van der Waals surface area contributed by atoms with E-state index in [0.29, 0.717) is 12.2 Å². The van der Waals surface area contributed by atoms with Crippen molar-refractivity contribution in [3.05, 3.63) is 31.9 Å². The standard InChI is InChI=1S/C13H19IN2O3/c1-3-13(4-2,9-17)8-15-11-6-5-10(14)7-12(11)16(18)19/h5-7,15,17H,3-4,8-9H2,1-2H3. The molecule has 0 aliphatic rings. The normalized spacial score (nSPS) is 11.4. The molecule has 0 atom stereocenters. The van der Waals surface area contributed by atoms with E-state index >= 15 is 0 Å². The van der Waals surface area contributed by atoms with Crippen molar-refractivity contribution in [3.8, 4) is 0 Å². The van der Waals surface area contributed by atoms with E-state index in [0.717, 1.165) is 16.4 Å². The first-order valence-corrected chi connectivity index (χ1v) is 7.34. The molecule has 0 spiro atoms. The number of nitrogens with one attached hydrogen (secondary N) is 1. The van der Waals surface area contributed by atoms with E-state index in [4.69, 9.17) is 0 Å². The molecule has 19 heavy (non-hydrogen) atoms. The van der Waals surface area contributed by atoms with Gasteiger partial charge in [-0.05, 0) is 47.6 Å². The van der Waals surface area contributed by atoms with Crippen LogP contribution in [0.1, 0.15) is 26.7 Å². The Bertz CT molecular complexity index is 439. The van der Waals surface area contributed by atoms with Crippen LogP contribution in [0.25, 0.3) is 0 Å². The highest BCUT2D eigenvalue weighted by atomic mass is 127. The fourth-order valence-corrected chi connectivity index (χ4v) is 2.34. The molecule has 0 unspecified atom stereocenters. The van der Waals surface area contributed by atoms with Crippen molar-refractivity contribution < 1.29 is 10.0 Å². The molecule has 0 amide bonds. The summed E-state index contributed by atoms with van der Waals surface area (Å²) >= 11 is 2.05. The fourth-order valence-electron chi connectivity index (χ4n) is 1.87. The second-order valence-corrected chi connectivity index (χ2v) is 5.88. The number of anilines is 1. The molecule has 0 heterocycles. The third kappa shape index (κ3) is 4.04. The zero-order chi connectivity index (χ0) is 14.5. The lowest BCUT2D eigenvalue weighted by Gasteiger charge is -2.29. The number of nitro groups is 1. The minimum atomic E-state index is -0.386. The van der Waals surface area contributed by atoms with Gasteiger partial charge in [0.25, 0.3) is 5.69 Å². The summed E-state index contributed by atoms with van der Waals surface area (Å²) in [6.45, 7) is 4.64. The summed E-state index contributed by atoms with van der Waals surface area (Å²) < 4.78 is 0.828. The quantitative estimate of drug-likeness (QED) is 0.433. The van der Waals surface area contributed by atoms with E-state index in [-0.39, 0.29) is 22.6 Å². The molecule has 1 rings (SSSR count). The molecule has 1 aromatic rings. The molecular weight excluding hydrogens is 359 g/mol. The molecule has 0 radical (unpaired) electrons. The SMILES string of the molecule is CCC(CC)(CO)CNc1ccc(I)cc1[N+](=O)[O-]. The maximum atomic E-state index is 11.0. The van der Waals surface area contributed by atoms with Crippen molar-refractivity contribution in [2.45, 2.75) is 26.7 Å². The minimum Gasteiger partial charge on any atom is -0.396 e. The lowest BCUT2D eigenvalue weighted by Crippen LogP contribution is -2.32. The zero-order valence-electron chi connectivity index (χ0n) is 11.1. The van der Waals surface area contributed by atoms with Gasteiger partial charge in [0, 0.05) is 21.6 Å². The highest BCUT2D eigenvalue weighted by molar-refractivity contribution is 14.1. The van der Waals surface area contributed by atoms with Crippen molar-refractivity contribution in [2.24, 2.45) is 5.41 Å². The topological polar surface area (TPSA) is 75.4 Å². The van der Waals surface area contributed by atoms with Crippen LogP contribution in [-0.2, 0) is 0 Å². The Morgan fingerprint density at radius 2 is 2.05 bits per heavy atom. The Balaban J connectivity index is 2.91. The molecular formula is C13H19IN2O3. The maximum Gasteiger partial charge on any atom is 0.293 e. The zero-order valence-corrected chi connectivity index (χ0v) is 13.3. The van der Waals surface area contributed by atoms with Crippen molar-refractivity contribution in [3.63, 3.8) is 0 Å². The number of hydrogen-bond donors (Lipinski definition) is 2. The van der Waals surface area contributed by atoms with Crippen LogP contribution in [0.15, 0.2) is 18.2 Å². The van der Waals surface area contributed by atoms with Crippen molar-refractivity contribution in [1.29, 1.82) is 0 Å². The van der Waals surface area contributed by atoms with Gasteiger partial charge in [0.15, 0.2) is 0 Å². The maximum absolute atomic E-state index is 11.0. The smallest absolute Gasteiger partial charge is 0.293 e. The van der Waals surface area contributed by atoms with Gasteiger partial charge in [0.1, 0.15) is 5.69 Å². The van der Waals surface area contributed by atoms with Crippen LogP contribution in [0, 0.1) is 19.1 Å². The Hall–Kier alpha value is -0.890. The average Bonchev–Trinajstić information content (AvgIpc) is 2.42. The molecule has 2 N–H and O–H groups in total. The van der Waals surface area contributed by atoms with Gasteiger partial charge in [-0.25, -0.2) is 0 Å². The summed E-state index contributed by atoms with van der Waals surface area (Å²) in [5, 5.41) is 23.6. The number of halogens is 1. The summed E-state index contributed by atoms with van der Waals surface area (Å²) in [5.41, 5.74) is 0.354. The summed E-state index contributed by atoms with van der Waals surface area (Å²) in [5.74, 6) is 0. The number of hydrogen-bond acceptors (Lipinski definition) is 4. The minimum absolute atomic E-state index is 0.0746.